The minimum absolute atomic E-state index is 0.0879. The third-order valence-electron chi connectivity index (χ3n) is 5.74. The van der Waals surface area contributed by atoms with E-state index in [9.17, 15) is 29.5 Å². The van der Waals surface area contributed by atoms with Gasteiger partial charge in [0.15, 0.2) is 0 Å². The normalized spacial score (nSPS) is 12.2. The fourth-order valence-corrected chi connectivity index (χ4v) is 6.01. The number of aromatic carboxylic acids is 2. The first-order valence-corrected chi connectivity index (χ1v) is 13.1. The Morgan fingerprint density at radius 3 is 2.49 bits per heavy atom. The number of anilines is 2. The van der Waals surface area contributed by atoms with E-state index in [2.05, 4.69) is 16.7 Å². The summed E-state index contributed by atoms with van der Waals surface area (Å²) >= 11 is 2.71. The van der Waals surface area contributed by atoms with Crippen LogP contribution in [0.4, 0.5) is 10.7 Å². The topological polar surface area (TPSA) is 157 Å². The van der Waals surface area contributed by atoms with E-state index in [1.54, 1.807) is 24.3 Å². The van der Waals surface area contributed by atoms with Gasteiger partial charge in [-0.15, -0.1) is 23.1 Å². The van der Waals surface area contributed by atoms with Gasteiger partial charge in [-0.05, 0) is 67.6 Å². The average molecular weight is 536 g/mol. The first-order chi connectivity index (χ1) is 17.8. The van der Waals surface area contributed by atoms with Crippen LogP contribution in [0.3, 0.4) is 0 Å². The number of nitrogens with one attached hydrogen (secondary N) is 2. The molecule has 0 bridgehead atoms. The number of hydrogen-bond acceptors (Lipinski definition) is 7. The summed E-state index contributed by atoms with van der Waals surface area (Å²) in [6.07, 6.45) is 3.91. The minimum atomic E-state index is -1.42. The van der Waals surface area contributed by atoms with Crippen LogP contribution in [0.5, 0.6) is 0 Å². The Morgan fingerprint density at radius 1 is 0.973 bits per heavy atom. The highest BCUT2D eigenvalue weighted by Crippen LogP contribution is 2.37. The Balaban J connectivity index is 1.41. The standard InChI is InChI=1S/C26H21N3O6S2/c27-12-20-17-6-1-2-7-21(17)37-24(20)29-22(30)13-36-16-5-3-4-15(11-16)28-23(31)18-9-8-14(25(32)33)10-19(18)26(34)35/h3-5,8-11H,1-2,6-7,13H2,(H,28,31)(H,29,30)(H,32,33)(H,34,35). The van der Waals surface area contributed by atoms with Crippen LogP contribution in [0.1, 0.15) is 59.9 Å². The Hall–Kier alpha value is -4.14. The number of carbonyl (C=O) groups is 4. The molecule has 3 aromatic rings. The number of nitrogens with zero attached hydrogens (tertiary/aromatic N) is 1. The van der Waals surface area contributed by atoms with E-state index in [0.29, 0.717) is 21.1 Å². The maximum absolute atomic E-state index is 12.7. The summed E-state index contributed by atoms with van der Waals surface area (Å²) in [5.74, 6) is -3.59. The van der Waals surface area contributed by atoms with E-state index in [1.165, 1.54) is 23.1 Å². The Labute approximate surface area is 220 Å². The number of thiophene rings is 1. The zero-order chi connectivity index (χ0) is 26.5. The summed E-state index contributed by atoms with van der Waals surface area (Å²) in [6.45, 7) is 0. The van der Waals surface area contributed by atoms with Crippen molar-refractivity contribution >= 4 is 57.5 Å². The van der Waals surface area contributed by atoms with Crippen molar-refractivity contribution in [1.82, 2.24) is 0 Å². The van der Waals surface area contributed by atoms with E-state index in [-0.39, 0.29) is 22.8 Å². The Morgan fingerprint density at radius 2 is 1.76 bits per heavy atom. The second-order valence-corrected chi connectivity index (χ2v) is 10.4. The van der Waals surface area contributed by atoms with Crippen molar-refractivity contribution in [1.29, 1.82) is 5.26 Å². The summed E-state index contributed by atoms with van der Waals surface area (Å²) in [7, 11) is 0. The lowest BCUT2D eigenvalue weighted by Crippen LogP contribution is -2.17. The van der Waals surface area contributed by atoms with Crippen LogP contribution in [0, 0.1) is 11.3 Å². The smallest absolute Gasteiger partial charge is 0.336 e. The molecule has 0 atom stereocenters. The van der Waals surface area contributed by atoms with Gasteiger partial charge in [0.1, 0.15) is 11.1 Å². The monoisotopic (exact) mass is 535 g/mol. The number of rotatable bonds is 8. The number of carbonyl (C=O) groups excluding carboxylic acids is 2. The zero-order valence-corrected chi connectivity index (χ0v) is 21.0. The molecule has 188 valence electrons. The molecule has 9 nitrogen and oxygen atoms in total. The van der Waals surface area contributed by atoms with E-state index >= 15 is 0 Å². The maximum Gasteiger partial charge on any atom is 0.336 e. The molecule has 0 fully saturated rings. The predicted octanol–water partition coefficient (Wildman–Crippen LogP) is 4.88. The number of carboxylic acids is 2. The summed E-state index contributed by atoms with van der Waals surface area (Å²) in [5, 5.41) is 34.1. The number of hydrogen-bond donors (Lipinski definition) is 4. The van der Waals surface area contributed by atoms with Crippen molar-refractivity contribution < 1.29 is 29.4 Å². The van der Waals surface area contributed by atoms with Crippen LogP contribution >= 0.6 is 23.1 Å². The third kappa shape index (κ3) is 5.99. The molecule has 1 aliphatic carbocycles. The van der Waals surface area contributed by atoms with Crippen LogP contribution in [0.2, 0.25) is 0 Å². The van der Waals surface area contributed by atoms with Gasteiger partial charge in [-0.2, -0.15) is 5.26 Å². The van der Waals surface area contributed by atoms with Gasteiger partial charge in [-0.3, -0.25) is 9.59 Å². The van der Waals surface area contributed by atoms with E-state index in [1.807, 2.05) is 0 Å². The molecule has 2 amide bonds. The number of aryl methyl sites for hydroxylation is 1. The van der Waals surface area contributed by atoms with Gasteiger partial charge in [0.25, 0.3) is 5.91 Å². The molecular formula is C26H21N3O6S2. The van der Waals surface area contributed by atoms with E-state index in [0.717, 1.165) is 54.3 Å². The molecule has 0 spiro atoms. The number of benzene rings is 2. The molecule has 0 aliphatic heterocycles. The molecule has 11 heteroatoms. The summed E-state index contributed by atoms with van der Waals surface area (Å²) in [4.78, 5) is 49.9. The van der Waals surface area contributed by atoms with E-state index < -0.39 is 23.4 Å². The molecule has 0 radical (unpaired) electrons. The SMILES string of the molecule is N#Cc1c(NC(=O)CSc2cccc(NC(=O)c3ccc(C(=O)O)cc3C(=O)O)c2)sc2c1CCCC2. The van der Waals surface area contributed by atoms with Crippen molar-refractivity contribution in [3.05, 3.63) is 75.2 Å². The number of fused-ring (bicyclic) bond motifs is 1. The third-order valence-corrected chi connectivity index (χ3v) is 7.94. The van der Waals surface area contributed by atoms with Crippen LogP contribution in [-0.2, 0) is 17.6 Å². The Kier molecular flexibility index (Phi) is 7.91. The van der Waals surface area contributed by atoms with Crippen molar-refractivity contribution in [2.45, 2.75) is 30.6 Å². The molecule has 4 N–H and O–H groups in total. The number of nitriles is 1. The van der Waals surface area contributed by atoms with Gasteiger partial charge in [-0.25, -0.2) is 9.59 Å². The van der Waals surface area contributed by atoms with Gasteiger partial charge in [0.05, 0.1) is 28.0 Å². The quantitative estimate of drug-likeness (QED) is 0.297. The molecule has 0 unspecified atom stereocenters. The lowest BCUT2D eigenvalue weighted by atomic mass is 9.96. The molecule has 0 saturated heterocycles. The van der Waals surface area contributed by atoms with Gasteiger partial charge < -0.3 is 20.8 Å². The lowest BCUT2D eigenvalue weighted by molar-refractivity contribution is -0.113. The molecule has 4 rings (SSSR count). The molecule has 1 aliphatic rings. The second-order valence-electron chi connectivity index (χ2n) is 8.22. The highest BCUT2D eigenvalue weighted by molar-refractivity contribution is 8.00. The molecule has 1 aromatic heterocycles. The fourth-order valence-electron chi connectivity index (χ4n) is 4.00. The number of thioether (sulfide) groups is 1. The van der Waals surface area contributed by atoms with E-state index in [4.69, 9.17) is 5.11 Å². The van der Waals surface area contributed by atoms with Crippen LogP contribution in [0.25, 0.3) is 0 Å². The molecule has 37 heavy (non-hydrogen) atoms. The summed E-state index contributed by atoms with van der Waals surface area (Å²) < 4.78 is 0. The zero-order valence-electron chi connectivity index (χ0n) is 19.4. The van der Waals surface area contributed by atoms with Crippen molar-refractivity contribution in [2.24, 2.45) is 0 Å². The number of carboxylic acid groups (broad SMARTS) is 2. The van der Waals surface area contributed by atoms with Gasteiger partial charge >= 0.3 is 11.9 Å². The average Bonchev–Trinajstić information content (AvgIpc) is 3.24. The number of amides is 2. The summed E-state index contributed by atoms with van der Waals surface area (Å²) in [6, 6.07) is 12.2. The minimum Gasteiger partial charge on any atom is -0.478 e. The molecular weight excluding hydrogens is 514 g/mol. The summed E-state index contributed by atoms with van der Waals surface area (Å²) in [5.41, 5.74) is 1.14. The van der Waals surface area contributed by atoms with Crippen molar-refractivity contribution in [3.8, 4) is 6.07 Å². The Bertz CT molecular complexity index is 1460. The van der Waals surface area contributed by atoms with Gasteiger partial charge in [-0.1, -0.05) is 6.07 Å². The predicted molar refractivity (Wildman–Crippen MR) is 140 cm³/mol. The fraction of sp³-hybridized carbons (Fsp3) is 0.192. The molecule has 0 saturated carbocycles. The highest BCUT2D eigenvalue weighted by Gasteiger charge is 2.22. The first-order valence-electron chi connectivity index (χ1n) is 11.3. The van der Waals surface area contributed by atoms with Crippen LogP contribution in [-0.4, -0.2) is 39.7 Å². The molecule has 1 heterocycles. The highest BCUT2D eigenvalue weighted by atomic mass is 32.2. The van der Waals surface area contributed by atoms with Crippen molar-refractivity contribution in [3.63, 3.8) is 0 Å². The largest absolute Gasteiger partial charge is 0.478 e. The van der Waals surface area contributed by atoms with Crippen LogP contribution < -0.4 is 10.6 Å². The maximum atomic E-state index is 12.7. The first kappa shape index (κ1) is 25.9. The second kappa shape index (κ2) is 11.3. The van der Waals surface area contributed by atoms with Crippen LogP contribution in [0.15, 0.2) is 47.4 Å². The van der Waals surface area contributed by atoms with Gasteiger partial charge in [0, 0.05) is 15.5 Å². The lowest BCUT2D eigenvalue weighted by Gasteiger charge is -2.10. The molecule has 2 aromatic carbocycles. The van der Waals surface area contributed by atoms with Gasteiger partial charge in [0.2, 0.25) is 5.91 Å². The van der Waals surface area contributed by atoms with Crippen molar-refractivity contribution in [2.75, 3.05) is 16.4 Å².